The van der Waals surface area contributed by atoms with Gasteiger partial charge in [0.1, 0.15) is 22.0 Å². The molecule has 0 heterocycles. The van der Waals surface area contributed by atoms with Crippen molar-refractivity contribution >= 4 is 34.2 Å². The fraction of sp³-hybridized carbons (Fsp3) is 0.417. The minimum Gasteiger partial charge on any atom is -0.360 e. The number of carbonyl (C=O) groups excluding carboxylic acids is 1. The molecular weight excluding hydrogens is 448 g/mol. The second-order valence-corrected chi connectivity index (χ2v) is 9.17. The second-order valence-electron chi connectivity index (χ2n) is 7.68. The second kappa shape index (κ2) is 13.5. The highest BCUT2D eigenvalue weighted by molar-refractivity contribution is 8.22. The summed E-state index contributed by atoms with van der Waals surface area (Å²) in [6, 6.07) is 11.0. The Labute approximate surface area is 198 Å². The molecule has 4 nitrogen and oxygen atoms in total. The van der Waals surface area contributed by atoms with Crippen molar-refractivity contribution in [3.8, 4) is 0 Å². The Balaban J connectivity index is 1.98. The van der Waals surface area contributed by atoms with Gasteiger partial charge in [0.05, 0.1) is 0 Å². The van der Waals surface area contributed by atoms with Crippen LogP contribution in [0.1, 0.15) is 37.0 Å². The number of rotatable bonds is 11. The van der Waals surface area contributed by atoms with Crippen LogP contribution in [0.5, 0.6) is 0 Å². The van der Waals surface area contributed by atoms with Crippen LogP contribution in [0.3, 0.4) is 0 Å². The Morgan fingerprint density at radius 3 is 2.41 bits per heavy atom. The molecular formula is C24H31F2N3OS2. The van der Waals surface area contributed by atoms with E-state index in [9.17, 15) is 13.6 Å². The Bertz CT molecular complexity index is 890. The van der Waals surface area contributed by atoms with Gasteiger partial charge in [-0.3, -0.25) is 4.79 Å². The number of hydrogen-bond acceptors (Lipinski definition) is 4. The monoisotopic (exact) mass is 479 g/mol. The van der Waals surface area contributed by atoms with Gasteiger partial charge in [-0.1, -0.05) is 43.4 Å². The Kier molecular flexibility index (Phi) is 11.1. The fourth-order valence-corrected chi connectivity index (χ4v) is 3.81. The molecule has 32 heavy (non-hydrogen) atoms. The zero-order valence-corrected chi connectivity index (χ0v) is 20.3. The summed E-state index contributed by atoms with van der Waals surface area (Å²) in [4.78, 5) is 12.6. The Hall–Kier alpha value is -2.03. The lowest BCUT2D eigenvalue weighted by molar-refractivity contribution is -0.123. The molecule has 0 fully saturated rings. The highest BCUT2D eigenvalue weighted by Crippen LogP contribution is 2.12. The summed E-state index contributed by atoms with van der Waals surface area (Å²) in [5.74, 6) is -1.46. The zero-order chi connectivity index (χ0) is 23.5. The van der Waals surface area contributed by atoms with Crippen molar-refractivity contribution in [2.75, 3.05) is 12.8 Å². The van der Waals surface area contributed by atoms with Crippen LogP contribution in [0, 0.1) is 11.6 Å². The van der Waals surface area contributed by atoms with Gasteiger partial charge < -0.3 is 16.0 Å². The van der Waals surface area contributed by atoms with E-state index in [1.54, 1.807) is 6.92 Å². The molecule has 1 unspecified atom stereocenters. The maximum atomic E-state index is 13.6. The van der Waals surface area contributed by atoms with Gasteiger partial charge in [0.25, 0.3) is 0 Å². The number of benzene rings is 2. The van der Waals surface area contributed by atoms with Gasteiger partial charge in [-0.05, 0) is 67.8 Å². The third kappa shape index (κ3) is 9.22. The van der Waals surface area contributed by atoms with E-state index in [0.29, 0.717) is 35.8 Å². The van der Waals surface area contributed by atoms with Gasteiger partial charge in [-0.25, -0.2) is 8.78 Å². The van der Waals surface area contributed by atoms with E-state index in [0.717, 1.165) is 12.5 Å². The van der Waals surface area contributed by atoms with Crippen LogP contribution in [0.15, 0.2) is 42.5 Å². The third-order valence-corrected chi connectivity index (χ3v) is 6.17. The van der Waals surface area contributed by atoms with Gasteiger partial charge in [0.15, 0.2) is 0 Å². The van der Waals surface area contributed by atoms with Crippen molar-refractivity contribution in [3.63, 3.8) is 0 Å². The number of aryl methyl sites for hydroxylation is 1. The summed E-state index contributed by atoms with van der Waals surface area (Å²) in [6.45, 7) is 5.21. The topological polar surface area (TPSA) is 53.2 Å². The number of thiocarbonyl (C=S) groups is 1. The summed E-state index contributed by atoms with van der Waals surface area (Å²) in [6.07, 6.45) is 3.76. The van der Waals surface area contributed by atoms with Crippen LogP contribution >= 0.6 is 24.0 Å². The van der Waals surface area contributed by atoms with Gasteiger partial charge in [0.2, 0.25) is 5.91 Å². The first-order valence-electron chi connectivity index (χ1n) is 10.7. The van der Waals surface area contributed by atoms with Gasteiger partial charge in [-0.2, -0.15) is 0 Å². The van der Waals surface area contributed by atoms with Crippen LogP contribution in [0.4, 0.5) is 8.78 Å². The summed E-state index contributed by atoms with van der Waals surface area (Å²) < 4.78 is 27.8. The molecule has 0 aliphatic heterocycles. The van der Waals surface area contributed by atoms with E-state index < -0.39 is 17.7 Å². The van der Waals surface area contributed by atoms with Crippen molar-refractivity contribution in [2.24, 2.45) is 0 Å². The lowest BCUT2D eigenvalue weighted by Crippen LogP contribution is -2.48. The van der Waals surface area contributed by atoms with E-state index in [-0.39, 0.29) is 11.9 Å². The van der Waals surface area contributed by atoms with E-state index in [1.807, 2.05) is 12.3 Å². The molecule has 0 aromatic heterocycles. The highest BCUT2D eigenvalue weighted by atomic mass is 32.2. The van der Waals surface area contributed by atoms with Crippen molar-refractivity contribution in [3.05, 3.63) is 70.8 Å². The first-order chi connectivity index (χ1) is 15.3. The lowest BCUT2D eigenvalue weighted by Gasteiger charge is -2.22. The average Bonchev–Trinajstić information content (AvgIpc) is 2.75. The maximum absolute atomic E-state index is 13.6. The molecule has 0 saturated carbocycles. The number of carbonyl (C=O) groups is 1. The summed E-state index contributed by atoms with van der Waals surface area (Å²) in [5.41, 5.74) is 2.98. The van der Waals surface area contributed by atoms with Crippen LogP contribution in [0.2, 0.25) is 0 Å². The third-order valence-electron chi connectivity index (χ3n) is 5.06. The predicted molar refractivity (Wildman–Crippen MR) is 133 cm³/mol. The van der Waals surface area contributed by atoms with E-state index >= 15 is 0 Å². The first kappa shape index (κ1) is 26.2. The number of nitrogens with one attached hydrogen (secondary N) is 3. The number of amides is 1. The molecule has 0 bridgehead atoms. The molecule has 2 aromatic carbocycles. The molecule has 3 N–H and O–H groups in total. The van der Waals surface area contributed by atoms with Gasteiger partial charge in [-0.15, -0.1) is 11.8 Å². The van der Waals surface area contributed by atoms with Crippen molar-refractivity contribution in [2.45, 2.75) is 51.7 Å². The molecule has 2 rings (SSSR count). The first-order valence-corrected chi connectivity index (χ1v) is 12.3. The molecule has 2 atom stereocenters. The molecule has 0 aliphatic carbocycles. The highest BCUT2D eigenvalue weighted by Gasteiger charge is 2.19. The van der Waals surface area contributed by atoms with E-state index in [4.69, 9.17) is 12.2 Å². The van der Waals surface area contributed by atoms with Gasteiger partial charge >= 0.3 is 0 Å². The van der Waals surface area contributed by atoms with Crippen molar-refractivity contribution in [1.29, 1.82) is 0 Å². The molecule has 0 saturated heterocycles. The van der Waals surface area contributed by atoms with Crippen LogP contribution in [-0.4, -0.2) is 35.1 Å². The maximum Gasteiger partial charge on any atom is 0.242 e. The quantitative estimate of drug-likeness (QED) is 0.330. The van der Waals surface area contributed by atoms with Gasteiger partial charge in [0, 0.05) is 18.7 Å². The molecule has 0 radical (unpaired) electrons. The summed E-state index contributed by atoms with van der Waals surface area (Å²) >= 11 is 6.49. The van der Waals surface area contributed by atoms with Crippen LogP contribution in [-0.2, 0) is 24.2 Å². The standard InChI is InChI=1S/C24H31F2N3OS2/c1-4-17-6-5-7-18(10-17)15-27-9-8-22(13-19-11-20(25)14-21(26)12-19)29-23(30)16(2)28-24(31)32-3/h5-7,10-12,14,16,22,27H,4,8-9,13,15H2,1-3H3,(H,28,31)(H,29,30)/t16-,22?/m1/s1. The number of thioether (sulfide) groups is 1. The van der Waals surface area contributed by atoms with E-state index in [1.165, 1.54) is 35.0 Å². The minimum absolute atomic E-state index is 0.209. The average molecular weight is 480 g/mol. The summed E-state index contributed by atoms with van der Waals surface area (Å²) in [7, 11) is 0. The number of halogens is 2. The molecule has 8 heteroatoms. The zero-order valence-electron chi connectivity index (χ0n) is 18.7. The molecule has 0 spiro atoms. The lowest BCUT2D eigenvalue weighted by atomic mass is 10.0. The van der Waals surface area contributed by atoms with E-state index in [2.05, 4.69) is 41.1 Å². The molecule has 1 amide bonds. The Morgan fingerprint density at radius 2 is 1.75 bits per heavy atom. The predicted octanol–water partition coefficient (Wildman–Crippen LogP) is 4.36. The normalized spacial score (nSPS) is 12.8. The molecule has 174 valence electrons. The van der Waals surface area contributed by atoms with Crippen LogP contribution in [0.25, 0.3) is 0 Å². The number of hydrogen-bond donors (Lipinski definition) is 3. The summed E-state index contributed by atoms with van der Waals surface area (Å²) in [5, 5.41) is 9.36. The fourth-order valence-electron chi connectivity index (χ4n) is 3.33. The smallest absolute Gasteiger partial charge is 0.242 e. The van der Waals surface area contributed by atoms with Crippen molar-refractivity contribution in [1.82, 2.24) is 16.0 Å². The molecule has 2 aromatic rings. The van der Waals surface area contributed by atoms with Crippen LogP contribution < -0.4 is 16.0 Å². The SMILES string of the molecule is CCc1cccc(CNCCC(Cc2cc(F)cc(F)c2)NC(=O)[C@@H](C)NC(=S)SC)c1. The largest absolute Gasteiger partial charge is 0.360 e. The Morgan fingerprint density at radius 1 is 1.06 bits per heavy atom. The van der Waals surface area contributed by atoms with Crippen molar-refractivity contribution < 1.29 is 13.6 Å². The molecule has 0 aliphatic rings. The minimum atomic E-state index is -0.626.